The number of nitrogens with one attached hydrogen (secondary N) is 1. The molecule has 0 radical (unpaired) electrons. The number of amides is 1. The third-order valence-electron chi connectivity index (χ3n) is 3.42. The highest BCUT2D eigenvalue weighted by molar-refractivity contribution is 5.70. The summed E-state index contributed by atoms with van der Waals surface area (Å²) in [7, 11) is 0. The van der Waals surface area contributed by atoms with E-state index in [1.165, 1.54) is 0 Å². The lowest BCUT2D eigenvalue weighted by molar-refractivity contribution is -0.0979. The van der Waals surface area contributed by atoms with E-state index in [1.54, 1.807) is 0 Å². The average molecular weight is 212 g/mol. The van der Waals surface area contributed by atoms with Crippen LogP contribution in [-0.4, -0.2) is 42.3 Å². The number of carbonyl (C=O) groups is 1. The van der Waals surface area contributed by atoms with Crippen molar-refractivity contribution < 1.29 is 9.53 Å². The summed E-state index contributed by atoms with van der Waals surface area (Å²) in [6.07, 6.45) is -0.174. The summed E-state index contributed by atoms with van der Waals surface area (Å²) in [6, 6.07) is 0.314. The predicted molar refractivity (Wildman–Crippen MR) is 57.7 cm³/mol. The third kappa shape index (κ3) is 1.71. The van der Waals surface area contributed by atoms with Crippen LogP contribution in [0.15, 0.2) is 0 Å². The highest BCUT2D eigenvalue weighted by Gasteiger charge is 2.56. The van der Waals surface area contributed by atoms with Gasteiger partial charge >= 0.3 is 6.09 Å². The number of likely N-dealkylation sites (tertiary alicyclic amines) is 1. The van der Waals surface area contributed by atoms with Gasteiger partial charge in [0.15, 0.2) is 0 Å². The van der Waals surface area contributed by atoms with E-state index in [9.17, 15) is 4.79 Å². The molecule has 0 bridgehead atoms. The predicted octanol–water partition coefficient (Wildman–Crippen LogP) is 1.22. The third-order valence-corrected chi connectivity index (χ3v) is 3.42. The van der Waals surface area contributed by atoms with Gasteiger partial charge in [-0.2, -0.15) is 0 Å². The lowest BCUT2D eigenvalue weighted by Gasteiger charge is -2.60. The summed E-state index contributed by atoms with van der Waals surface area (Å²) in [5, 5.41) is 3.26. The molecule has 1 spiro atoms. The lowest BCUT2D eigenvalue weighted by atomic mass is 9.68. The maximum Gasteiger partial charge on any atom is 0.410 e. The van der Waals surface area contributed by atoms with Gasteiger partial charge in [-0.1, -0.05) is 0 Å². The Morgan fingerprint density at radius 3 is 2.40 bits per heavy atom. The summed E-state index contributed by atoms with van der Waals surface area (Å²) in [6.45, 7) is 10.7. The zero-order chi connectivity index (χ0) is 11.3. The molecule has 0 aromatic heterocycles. The van der Waals surface area contributed by atoms with Gasteiger partial charge in [-0.15, -0.1) is 0 Å². The van der Waals surface area contributed by atoms with E-state index < -0.39 is 5.60 Å². The van der Waals surface area contributed by atoms with Crippen molar-refractivity contribution in [3.63, 3.8) is 0 Å². The summed E-state index contributed by atoms with van der Waals surface area (Å²) in [4.78, 5) is 13.6. The van der Waals surface area contributed by atoms with Crippen molar-refractivity contribution in [3.05, 3.63) is 0 Å². The van der Waals surface area contributed by atoms with Crippen molar-refractivity contribution in [3.8, 4) is 0 Å². The molecule has 1 atom stereocenters. The van der Waals surface area contributed by atoms with Crippen LogP contribution in [0.5, 0.6) is 0 Å². The zero-order valence-corrected chi connectivity index (χ0v) is 9.96. The Hall–Kier alpha value is -0.770. The fraction of sp³-hybridized carbons (Fsp3) is 0.909. The van der Waals surface area contributed by atoms with E-state index in [0.29, 0.717) is 11.5 Å². The molecule has 2 aliphatic heterocycles. The molecule has 1 unspecified atom stereocenters. The minimum atomic E-state index is -0.391. The fourth-order valence-corrected chi connectivity index (χ4v) is 2.22. The van der Waals surface area contributed by atoms with Crippen LogP contribution in [-0.2, 0) is 4.74 Å². The molecule has 4 heteroatoms. The molecule has 0 saturated carbocycles. The summed E-state index contributed by atoms with van der Waals surface area (Å²) >= 11 is 0. The number of nitrogens with zero attached hydrogens (tertiary/aromatic N) is 1. The van der Waals surface area contributed by atoms with Gasteiger partial charge in [-0.25, -0.2) is 4.79 Å². The first kappa shape index (κ1) is 10.7. The molecule has 0 aliphatic carbocycles. The Labute approximate surface area is 91.0 Å². The van der Waals surface area contributed by atoms with Gasteiger partial charge in [0, 0.05) is 31.1 Å². The van der Waals surface area contributed by atoms with Crippen LogP contribution in [0.25, 0.3) is 0 Å². The molecule has 86 valence electrons. The van der Waals surface area contributed by atoms with E-state index >= 15 is 0 Å². The molecule has 1 amide bonds. The highest BCUT2D eigenvalue weighted by atomic mass is 16.6. The molecule has 0 aromatic carbocycles. The summed E-state index contributed by atoms with van der Waals surface area (Å²) < 4.78 is 5.34. The number of ether oxygens (including phenoxy) is 1. The van der Waals surface area contributed by atoms with Crippen LogP contribution < -0.4 is 5.32 Å². The van der Waals surface area contributed by atoms with Gasteiger partial charge < -0.3 is 15.0 Å². The summed E-state index contributed by atoms with van der Waals surface area (Å²) in [5.74, 6) is 0. The number of rotatable bonds is 0. The van der Waals surface area contributed by atoms with Crippen molar-refractivity contribution in [1.82, 2.24) is 10.2 Å². The van der Waals surface area contributed by atoms with E-state index in [1.807, 2.05) is 25.7 Å². The first-order valence-corrected chi connectivity index (χ1v) is 5.54. The zero-order valence-electron chi connectivity index (χ0n) is 9.96. The Balaban J connectivity index is 1.89. The van der Waals surface area contributed by atoms with E-state index in [4.69, 9.17) is 4.74 Å². The van der Waals surface area contributed by atoms with Gasteiger partial charge in [-0.05, 0) is 27.7 Å². The maximum atomic E-state index is 11.8. The van der Waals surface area contributed by atoms with Crippen LogP contribution in [0.3, 0.4) is 0 Å². The smallest absolute Gasteiger partial charge is 0.410 e. The second-order valence-corrected chi connectivity index (χ2v) is 5.75. The Morgan fingerprint density at radius 2 is 2.07 bits per heavy atom. The summed E-state index contributed by atoms with van der Waals surface area (Å²) in [5.41, 5.74) is -0.0473. The largest absolute Gasteiger partial charge is 0.444 e. The minimum Gasteiger partial charge on any atom is -0.444 e. The topological polar surface area (TPSA) is 41.6 Å². The second kappa shape index (κ2) is 3.11. The fourth-order valence-electron chi connectivity index (χ4n) is 2.22. The van der Waals surface area contributed by atoms with Gasteiger partial charge in [0.05, 0.1) is 0 Å². The molecule has 0 aromatic rings. The molecule has 2 heterocycles. The van der Waals surface area contributed by atoms with Crippen LogP contribution in [0, 0.1) is 5.41 Å². The van der Waals surface area contributed by atoms with E-state index in [0.717, 1.165) is 19.6 Å². The van der Waals surface area contributed by atoms with Crippen molar-refractivity contribution in [2.75, 3.05) is 19.6 Å². The SMILES string of the molecule is CC1N(C(=O)OC(C)(C)C)CC12CNC2. The average Bonchev–Trinajstić information content (AvgIpc) is 1.95. The van der Waals surface area contributed by atoms with Gasteiger partial charge in [0.25, 0.3) is 0 Å². The van der Waals surface area contributed by atoms with Crippen molar-refractivity contribution in [1.29, 1.82) is 0 Å². The normalized spacial score (nSPS) is 28.3. The van der Waals surface area contributed by atoms with E-state index in [-0.39, 0.29) is 6.09 Å². The number of carbonyl (C=O) groups excluding carboxylic acids is 1. The molecule has 15 heavy (non-hydrogen) atoms. The van der Waals surface area contributed by atoms with Gasteiger partial charge in [-0.3, -0.25) is 0 Å². The molecular formula is C11H20N2O2. The molecule has 1 N–H and O–H groups in total. The highest BCUT2D eigenvalue weighted by Crippen LogP contribution is 2.41. The van der Waals surface area contributed by atoms with Crippen LogP contribution >= 0.6 is 0 Å². The van der Waals surface area contributed by atoms with Crippen molar-refractivity contribution >= 4 is 6.09 Å². The molecule has 2 fully saturated rings. The van der Waals surface area contributed by atoms with Crippen molar-refractivity contribution in [2.24, 2.45) is 5.41 Å². The Bertz CT molecular complexity index is 279. The first-order valence-electron chi connectivity index (χ1n) is 5.54. The van der Waals surface area contributed by atoms with Crippen molar-refractivity contribution in [2.45, 2.75) is 39.3 Å². The first-order chi connectivity index (χ1) is 6.84. The second-order valence-electron chi connectivity index (χ2n) is 5.75. The van der Waals surface area contributed by atoms with Gasteiger partial charge in [0.1, 0.15) is 5.60 Å². The maximum absolute atomic E-state index is 11.8. The molecule has 2 rings (SSSR count). The van der Waals surface area contributed by atoms with Crippen LogP contribution in [0.1, 0.15) is 27.7 Å². The molecular weight excluding hydrogens is 192 g/mol. The molecule has 2 aliphatic rings. The Morgan fingerprint density at radius 1 is 1.47 bits per heavy atom. The Kier molecular flexibility index (Phi) is 2.23. The minimum absolute atomic E-state index is 0.174. The molecule has 4 nitrogen and oxygen atoms in total. The van der Waals surface area contributed by atoms with E-state index in [2.05, 4.69) is 12.2 Å². The number of hydrogen-bond acceptors (Lipinski definition) is 3. The monoisotopic (exact) mass is 212 g/mol. The van der Waals surface area contributed by atoms with Gasteiger partial charge in [0.2, 0.25) is 0 Å². The quantitative estimate of drug-likeness (QED) is 0.656. The lowest BCUT2D eigenvalue weighted by Crippen LogP contribution is -2.76. The standard InChI is InChI=1S/C11H20N2O2/c1-8-11(5-12-6-11)7-13(8)9(14)15-10(2,3)4/h8,12H,5-7H2,1-4H3. The van der Waals surface area contributed by atoms with Crippen LogP contribution in [0.2, 0.25) is 0 Å². The molecule has 2 saturated heterocycles. The number of hydrogen-bond donors (Lipinski definition) is 1. The van der Waals surface area contributed by atoms with Crippen LogP contribution in [0.4, 0.5) is 4.79 Å².